The standard InChI is InChI=1S/C16H8BrFN2O/c17-12-5-4-9(6-13(12)18)16(21)11-8-20-14-3-1-2-10(7-19)15(11)14/h1-6,8,20H. The van der Waals surface area contributed by atoms with Gasteiger partial charge < -0.3 is 4.98 Å². The number of carbonyl (C=O) groups excluding carboxylic acids is 1. The summed E-state index contributed by atoms with van der Waals surface area (Å²) in [5.74, 6) is -0.823. The first-order valence-electron chi connectivity index (χ1n) is 6.12. The molecule has 0 saturated carbocycles. The average Bonchev–Trinajstić information content (AvgIpc) is 2.93. The van der Waals surface area contributed by atoms with Crippen molar-refractivity contribution < 1.29 is 9.18 Å². The number of nitrogens with zero attached hydrogens (tertiary/aromatic N) is 1. The molecule has 1 N–H and O–H groups in total. The molecule has 3 nitrogen and oxygen atoms in total. The molecule has 1 aromatic heterocycles. The molecule has 3 rings (SSSR count). The van der Waals surface area contributed by atoms with Gasteiger partial charge in [0.15, 0.2) is 5.78 Å². The molecule has 5 heteroatoms. The van der Waals surface area contributed by atoms with Gasteiger partial charge in [-0.3, -0.25) is 4.79 Å². The number of halogens is 2. The van der Waals surface area contributed by atoms with Crippen molar-refractivity contribution in [2.45, 2.75) is 0 Å². The van der Waals surface area contributed by atoms with Gasteiger partial charge in [0.2, 0.25) is 0 Å². The van der Waals surface area contributed by atoms with Gasteiger partial charge in [-0.2, -0.15) is 5.26 Å². The lowest BCUT2D eigenvalue weighted by molar-refractivity contribution is 0.104. The second kappa shape index (κ2) is 5.15. The van der Waals surface area contributed by atoms with Gasteiger partial charge in [0, 0.05) is 28.2 Å². The van der Waals surface area contributed by atoms with E-state index in [1.165, 1.54) is 12.1 Å². The Kier molecular flexibility index (Phi) is 3.32. The predicted octanol–water partition coefficient (Wildman–Crippen LogP) is 4.17. The molecule has 0 aliphatic carbocycles. The van der Waals surface area contributed by atoms with Crippen molar-refractivity contribution in [1.82, 2.24) is 4.98 Å². The minimum atomic E-state index is -0.499. The Morgan fingerprint density at radius 2 is 2.10 bits per heavy atom. The highest BCUT2D eigenvalue weighted by atomic mass is 79.9. The zero-order valence-electron chi connectivity index (χ0n) is 10.7. The molecule has 0 bridgehead atoms. The quantitative estimate of drug-likeness (QED) is 0.710. The van der Waals surface area contributed by atoms with Gasteiger partial charge in [0.05, 0.1) is 16.1 Å². The lowest BCUT2D eigenvalue weighted by Gasteiger charge is -2.02. The highest BCUT2D eigenvalue weighted by Crippen LogP contribution is 2.25. The van der Waals surface area contributed by atoms with Gasteiger partial charge in [-0.25, -0.2) is 4.39 Å². The lowest BCUT2D eigenvalue weighted by Crippen LogP contribution is -2.01. The minimum Gasteiger partial charge on any atom is -0.360 e. The number of hydrogen-bond donors (Lipinski definition) is 1. The molecular weight excluding hydrogens is 335 g/mol. The van der Waals surface area contributed by atoms with E-state index in [1.807, 2.05) is 0 Å². The van der Waals surface area contributed by atoms with E-state index in [2.05, 4.69) is 27.0 Å². The summed E-state index contributed by atoms with van der Waals surface area (Å²) >= 11 is 3.05. The predicted molar refractivity (Wildman–Crippen MR) is 80.5 cm³/mol. The summed E-state index contributed by atoms with van der Waals surface area (Å²) in [6, 6.07) is 11.5. The third-order valence-electron chi connectivity index (χ3n) is 3.25. The third-order valence-corrected chi connectivity index (χ3v) is 3.90. The molecular formula is C16H8BrFN2O. The Morgan fingerprint density at radius 1 is 1.29 bits per heavy atom. The van der Waals surface area contributed by atoms with Crippen molar-refractivity contribution >= 4 is 32.6 Å². The molecule has 0 spiro atoms. The SMILES string of the molecule is N#Cc1cccc2[nH]cc(C(=O)c3ccc(Br)c(F)c3)c12. The second-order valence-corrected chi connectivity index (χ2v) is 5.35. The second-order valence-electron chi connectivity index (χ2n) is 4.50. The van der Waals surface area contributed by atoms with Gasteiger partial charge in [-0.05, 0) is 46.3 Å². The third kappa shape index (κ3) is 2.24. The van der Waals surface area contributed by atoms with Crippen LogP contribution in [0.5, 0.6) is 0 Å². The first kappa shape index (κ1) is 13.5. The Labute approximate surface area is 128 Å². The summed E-state index contributed by atoms with van der Waals surface area (Å²) in [5.41, 5.74) is 1.72. The molecule has 0 radical (unpaired) electrons. The number of benzene rings is 2. The van der Waals surface area contributed by atoms with Crippen LogP contribution in [0, 0.1) is 17.1 Å². The van der Waals surface area contributed by atoms with Gasteiger partial charge in [0.1, 0.15) is 5.82 Å². The van der Waals surface area contributed by atoms with Crippen molar-refractivity contribution in [2.24, 2.45) is 0 Å². The Morgan fingerprint density at radius 3 is 2.81 bits per heavy atom. The van der Waals surface area contributed by atoms with Gasteiger partial charge >= 0.3 is 0 Å². The molecule has 21 heavy (non-hydrogen) atoms. The molecule has 0 aliphatic heterocycles. The van der Waals surface area contributed by atoms with Gasteiger partial charge in [-0.1, -0.05) is 6.07 Å². The van der Waals surface area contributed by atoms with E-state index in [-0.39, 0.29) is 11.3 Å². The van der Waals surface area contributed by atoms with E-state index in [0.717, 1.165) is 0 Å². The van der Waals surface area contributed by atoms with Crippen LogP contribution in [0.3, 0.4) is 0 Å². The average molecular weight is 343 g/mol. The number of hydrogen-bond acceptors (Lipinski definition) is 2. The van der Waals surface area contributed by atoms with Crippen LogP contribution in [0.25, 0.3) is 10.9 Å². The summed E-state index contributed by atoms with van der Waals surface area (Å²) in [6.45, 7) is 0. The number of nitrogens with one attached hydrogen (secondary N) is 1. The fourth-order valence-electron chi connectivity index (χ4n) is 2.25. The molecule has 0 aliphatic rings. The largest absolute Gasteiger partial charge is 0.360 e. The summed E-state index contributed by atoms with van der Waals surface area (Å²) in [6.07, 6.45) is 1.55. The Balaban J connectivity index is 2.18. The van der Waals surface area contributed by atoms with Crippen molar-refractivity contribution in [3.05, 3.63) is 69.6 Å². The highest BCUT2D eigenvalue weighted by Gasteiger charge is 2.17. The Bertz CT molecular complexity index is 908. The summed E-state index contributed by atoms with van der Waals surface area (Å²) in [5, 5.41) is 9.73. The fraction of sp³-hybridized carbons (Fsp3) is 0. The van der Waals surface area contributed by atoms with E-state index in [0.29, 0.717) is 26.5 Å². The number of ketones is 1. The van der Waals surface area contributed by atoms with Crippen LogP contribution in [-0.2, 0) is 0 Å². The number of H-pyrrole nitrogens is 1. The zero-order chi connectivity index (χ0) is 15.0. The maximum Gasteiger partial charge on any atom is 0.195 e. The number of fused-ring (bicyclic) bond motifs is 1. The first-order chi connectivity index (χ1) is 10.1. The smallest absolute Gasteiger partial charge is 0.195 e. The van der Waals surface area contributed by atoms with Gasteiger partial charge in [-0.15, -0.1) is 0 Å². The van der Waals surface area contributed by atoms with Crippen molar-refractivity contribution in [3.8, 4) is 6.07 Å². The minimum absolute atomic E-state index is 0.240. The maximum absolute atomic E-state index is 13.6. The number of nitriles is 1. The normalized spacial score (nSPS) is 10.5. The van der Waals surface area contributed by atoms with E-state index in [4.69, 9.17) is 5.26 Å². The molecule has 0 saturated heterocycles. The molecule has 0 atom stereocenters. The van der Waals surface area contributed by atoms with Crippen LogP contribution in [0.4, 0.5) is 4.39 Å². The van der Waals surface area contributed by atoms with Crippen molar-refractivity contribution in [1.29, 1.82) is 5.26 Å². The molecule has 0 amide bonds. The number of rotatable bonds is 2. The highest BCUT2D eigenvalue weighted by molar-refractivity contribution is 9.10. The summed E-state index contributed by atoms with van der Waals surface area (Å²) in [7, 11) is 0. The molecule has 2 aromatic carbocycles. The van der Waals surface area contributed by atoms with Gasteiger partial charge in [0.25, 0.3) is 0 Å². The topological polar surface area (TPSA) is 56.6 Å². The first-order valence-corrected chi connectivity index (χ1v) is 6.91. The van der Waals surface area contributed by atoms with Crippen LogP contribution in [-0.4, -0.2) is 10.8 Å². The van der Waals surface area contributed by atoms with Crippen molar-refractivity contribution in [2.75, 3.05) is 0 Å². The van der Waals surface area contributed by atoms with Crippen LogP contribution in [0.1, 0.15) is 21.5 Å². The van der Waals surface area contributed by atoms with E-state index >= 15 is 0 Å². The molecule has 3 aromatic rings. The van der Waals surface area contributed by atoms with Crippen LogP contribution in [0.2, 0.25) is 0 Å². The van der Waals surface area contributed by atoms with E-state index in [9.17, 15) is 9.18 Å². The maximum atomic E-state index is 13.6. The number of aromatic nitrogens is 1. The van der Waals surface area contributed by atoms with Crippen molar-refractivity contribution in [3.63, 3.8) is 0 Å². The van der Waals surface area contributed by atoms with E-state index < -0.39 is 5.82 Å². The lowest BCUT2D eigenvalue weighted by atomic mass is 10.00. The molecule has 0 fully saturated rings. The zero-order valence-corrected chi connectivity index (χ0v) is 12.2. The van der Waals surface area contributed by atoms with E-state index in [1.54, 1.807) is 30.5 Å². The summed E-state index contributed by atoms with van der Waals surface area (Å²) in [4.78, 5) is 15.5. The monoisotopic (exact) mass is 342 g/mol. The van der Waals surface area contributed by atoms with Crippen LogP contribution >= 0.6 is 15.9 Å². The molecule has 1 heterocycles. The molecule has 0 unspecified atom stereocenters. The van der Waals surface area contributed by atoms with Crippen LogP contribution < -0.4 is 0 Å². The number of carbonyl (C=O) groups is 1. The van der Waals surface area contributed by atoms with Crippen LogP contribution in [0.15, 0.2) is 47.1 Å². The summed E-state index contributed by atoms with van der Waals surface area (Å²) < 4.78 is 13.9. The Hall–Kier alpha value is -2.45. The molecule has 102 valence electrons. The number of aromatic amines is 1. The fourth-order valence-corrected chi connectivity index (χ4v) is 2.50.